The number of alkyl halides is 1. The molecule has 1 N–H and O–H groups in total. The third-order valence-corrected chi connectivity index (χ3v) is 3.98. The lowest BCUT2D eigenvalue weighted by Crippen LogP contribution is -2.29. The Morgan fingerprint density at radius 1 is 1.44 bits per heavy atom. The Morgan fingerprint density at radius 3 is 2.83 bits per heavy atom. The quantitative estimate of drug-likeness (QED) is 0.516. The molecule has 0 heterocycles. The Balaban J connectivity index is 2.49. The molecule has 100 valence electrons. The summed E-state index contributed by atoms with van der Waals surface area (Å²) in [6.45, 7) is 2.95. The smallest absolute Gasteiger partial charge is 0.251 e. The molecule has 0 saturated heterocycles. The van der Waals surface area contributed by atoms with E-state index in [1.165, 1.54) is 0 Å². The number of benzene rings is 1. The SMILES string of the molecule is CCCC(CCBr)CNC(=O)c1cccc(I)c1. The molecule has 1 amide bonds. The summed E-state index contributed by atoms with van der Waals surface area (Å²) in [5.74, 6) is 0.602. The van der Waals surface area contributed by atoms with Crippen molar-refractivity contribution in [3.8, 4) is 0 Å². The second kappa shape index (κ2) is 8.91. The molecule has 0 spiro atoms. The van der Waals surface area contributed by atoms with Crippen LogP contribution in [0.4, 0.5) is 0 Å². The minimum absolute atomic E-state index is 0.0317. The Bertz CT molecular complexity index is 378. The largest absolute Gasteiger partial charge is 0.352 e. The molecule has 1 atom stereocenters. The minimum Gasteiger partial charge on any atom is -0.352 e. The average Bonchev–Trinajstić information content (AvgIpc) is 2.36. The molecule has 2 nitrogen and oxygen atoms in total. The van der Waals surface area contributed by atoms with E-state index in [9.17, 15) is 4.79 Å². The number of hydrogen-bond donors (Lipinski definition) is 1. The first-order valence-corrected chi connectivity index (χ1v) is 8.47. The fourth-order valence-electron chi connectivity index (χ4n) is 1.88. The van der Waals surface area contributed by atoms with Crippen LogP contribution in [0.2, 0.25) is 0 Å². The second-order valence-corrected chi connectivity index (χ2v) is 6.39. The highest BCUT2D eigenvalue weighted by molar-refractivity contribution is 14.1. The van der Waals surface area contributed by atoms with Gasteiger partial charge < -0.3 is 5.32 Å². The van der Waals surface area contributed by atoms with Gasteiger partial charge in [0.25, 0.3) is 5.91 Å². The number of carbonyl (C=O) groups is 1. The van der Waals surface area contributed by atoms with Gasteiger partial charge in [0.1, 0.15) is 0 Å². The van der Waals surface area contributed by atoms with Gasteiger partial charge in [-0.05, 0) is 59.5 Å². The maximum atomic E-state index is 12.0. The third-order valence-electron chi connectivity index (χ3n) is 2.85. The Kier molecular flexibility index (Phi) is 7.90. The van der Waals surface area contributed by atoms with E-state index in [1.807, 2.05) is 24.3 Å². The molecule has 0 saturated carbocycles. The molecule has 4 heteroatoms. The van der Waals surface area contributed by atoms with Crippen LogP contribution in [-0.4, -0.2) is 17.8 Å². The minimum atomic E-state index is 0.0317. The molecule has 0 fully saturated rings. The molecule has 0 aliphatic heterocycles. The number of carbonyl (C=O) groups excluding carboxylic acids is 1. The number of amides is 1. The third kappa shape index (κ3) is 5.69. The van der Waals surface area contributed by atoms with Crippen molar-refractivity contribution in [2.45, 2.75) is 26.2 Å². The van der Waals surface area contributed by atoms with Crippen LogP contribution in [-0.2, 0) is 0 Å². The summed E-state index contributed by atoms with van der Waals surface area (Å²) in [7, 11) is 0. The van der Waals surface area contributed by atoms with Crippen molar-refractivity contribution in [2.24, 2.45) is 5.92 Å². The summed E-state index contributed by atoms with van der Waals surface area (Å²) in [6, 6.07) is 7.67. The molecule has 0 bridgehead atoms. The van der Waals surface area contributed by atoms with Crippen LogP contribution in [0.15, 0.2) is 24.3 Å². The van der Waals surface area contributed by atoms with Gasteiger partial charge in [0, 0.05) is 21.0 Å². The Morgan fingerprint density at radius 2 is 2.22 bits per heavy atom. The van der Waals surface area contributed by atoms with Crippen LogP contribution >= 0.6 is 38.5 Å². The first kappa shape index (κ1) is 16.0. The van der Waals surface area contributed by atoms with E-state index in [-0.39, 0.29) is 5.91 Å². The van der Waals surface area contributed by atoms with Gasteiger partial charge in [0.2, 0.25) is 0 Å². The van der Waals surface area contributed by atoms with Crippen molar-refractivity contribution >= 4 is 44.4 Å². The van der Waals surface area contributed by atoms with Crippen molar-refractivity contribution in [3.05, 3.63) is 33.4 Å². The van der Waals surface area contributed by atoms with E-state index in [1.54, 1.807) is 0 Å². The second-order valence-electron chi connectivity index (χ2n) is 4.35. The van der Waals surface area contributed by atoms with Crippen LogP contribution in [0.25, 0.3) is 0 Å². The normalized spacial score (nSPS) is 12.2. The molecular weight excluding hydrogens is 405 g/mol. The van der Waals surface area contributed by atoms with Gasteiger partial charge in [-0.1, -0.05) is 35.3 Å². The van der Waals surface area contributed by atoms with E-state index < -0.39 is 0 Å². The Labute approximate surface area is 131 Å². The predicted octanol–water partition coefficient (Wildman–Crippen LogP) is 4.22. The maximum Gasteiger partial charge on any atom is 0.251 e. The zero-order valence-electron chi connectivity index (χ0n) is 10.6. The van der Waals surface area contributed by atoms with Crippen molar-refractivity contribution in [1.82, 2.24) is 5.32 Å². The number of nitrogens with one attached hydrogen (secondary N) is 1. The van der Waals surface area contributed by atoms with Crippen LogP contribution in [0.1, 0.15) is 36.5 Å². The molecular formula is C14H19BrINO. The van der Waals surface area contributed by atoms with Crippen LogP contribution in [0.5, 0.6) is 0 Å². The van der Waals surface area contributed by atoms with Gasteiger partial charge in [-0.15, -0.1) is 0 Å². The number of halogens is 2. The van der Waals surface area contributed by atoms with Gasteiger partial charge in [-0.25, -0.2) is 0 Å². The van der Waals surface area contributed by atoms with Crippen LogP contribution in [0, 0.1) is 9.49 Å². The summed E-state index contributed by atoms with van der Waals surface area (Å²) in [6.07, 6.45) is 3.44. The van der Waals surface area contributed by atoms with Crippen molar-refractivity contribution in [3.63, 3.8) is 0 Å². The topological polar surface area (TPSA) is 29.1 Å². The monoisotopic (exact) mass is 423 g/mol. The molecule has 1 unspecified atom stereocenters. The highest BCUT2D eigenvalue weighted by Gasteiger charge is 2.10. The molecule has 1 rings (SSSR count). The highest BCUT2D eigenvalue weighted by atomic mass is 127. The Hall–Kier alpha value is -0.100. The lowest BCUT2D eigenvalue weighted by Gasteiger charge is -2.15. The first-order valence-electron chi connectivity index (χ1n) is 6.27. The fourth-order valence-corrected chi connectivity index (χ4v) is 3.07. The van der Waals surface area contributed by atoms with Crippen LogP contribution in [0.3, 0.4) is 0 Å². The molecule has 1 aromatic carbocycles. The number of hydrogen-bond acceptors (Lipinski definition) is 1. The summed E-state index contributed by atoms with van der Waals surface area (Å²) < 4.78 is 1.09. The molecule has 0 aromatic heterocycles. The fraction of sp³-hybridized carbons (Fsp3) is 0.500. The van der Waals surface area contributed by atoms with E-state index in [0.717, 1.165) is 40.3 Å². The van der Waals surface area contributed by atoms with E-state index in [2.05, 4.69) is 50.8 Å². The van der Waals surface area contributed by atoms with Crippen molar-refractivity contribution in [2.75, 3.05) is 11.9 Å². The zero-order chi connectivity index (χ0) is 13.4. The van der Waals surface area contributed by atoms with E-state index >= 15 is 0 Å². The van der Waals surface area contributed by atoms with E-state index in [0.29, 0.717) is 5.92 Å². The lowest BCUT2D eigenvalue weighted by molar-refractivity contribution is 0.0946. The maximum absolute atomic E-state index is 12.0. The molecule has 0 radical (unpaired) electrons. The van der Waals surface area contributed by atoms with Gasteiger partial charge in [0.15, 0.2) is 0 Å². The van der Waals surface area contributed by atoms with Crippen molar-refractivity contribution in [1.29, 1.82) is 0 Å². The molecule has 18 heavy (non-hydrogen) atoms. The summed E-state index contributed by atoms with van der Waals surface area (Å²) in [4.78, 5) is 12.0. The summed E-state index contributed by atoms with van der Waals surface area (Å²) >= 11 is 5.69. The number of rotatable bonds is 7. The average molecular weight is 424 g/mol. The summed E-state index contributed by atoms with van der Waals surface area (Å²) in [5, 5.41) is 4.03. The van der Waals surface area contributed by atoms with Gasteiger partial charge in [0.05, 0.1) is 0 Å². The van der Waals surface area contributed by atoms with Crippen molar-refractivity contribution < 1.29 is 4.79 Å². The van der Waals surface area contributed by atoms with Crippen LogP contribution < -0.4 is 5.32 Å². The van der Waals surface area contributed by atoms with Gasteiger partial charge >= 0.3 is 0 Å². The van der Waals surface area contributed by atoms with Gasteiger partial charge in [-0.3, -0.25) is 4.79 Å². The highest BCUT2D eigenvalue weighted by Crippen LogP contribution is 2.12. The predicted molar refractivity (Wildman–Crippen MR) is 88.3 cm³/mol. The lowest BCUT2D eigenvalue weighted by atomic mass is 10.0. The standard InChI is InChI=1S/C14H19BrINO/c1-2-4-11(7-8-15)10-17-14(18)12-5-3-6-13(16)9-12/h3,5-6,9,11H,2,4,7-8,10H2,1H3,(H,17,18). The molecule has 0 aliphatic carbocycles. The van der Waals surface area contributed by atoms with E-state index in [4.69, 9.17) is 0 Å². The zero-order valence-corrected chi connectivity index (χ0v) is 14.3. The summed E-state index contributed by atoms with van der Waals surface area (Å²) in [5.41, 5.74) is 0.746. The first-order chi connectivity index (χ1) is 8.67. The van der Waals surface area contributed by atoms with Gasteiger partial charge in [-0.2, -0.15) is 0 Å². The molecule has 1 aromatic rings. The molecule has 0 aliphatic rings.